The Kier molecular flexibility index (Phi) is 4.65. The maximum atomic E-state index is 14.1. The number of aromatic nitrogens is 2. The van der Waals surface area contributed by atoms with Crippen LogP contribution in [0.15, 0.2) is 59.7 Å². The molecule has 0 bridgehead atoms. The quantitative estimate of drug-likeness (QED) is 0.563. The molecule has 174 valence electrons. The van der Waals surface area contributed by atoms with Crippen molar-refractivity contribution < 1.29 is 18.7 Å². The van der Waals surface area contributed by atoms with Gasteiger partial charge in [0.15, 0.2) is 11.9 Å². The van der Waals surface area contributed by atoms with E-state index in [0.29, 0.717) is 11.3 Å². The Morgan fingerprint density at radius 3 is 2.91 bits per heavy atom. The Labute approximate surface area is 197 Å². The molecule has 8 heteroatoms. The predicted molar refractivity (Wildman–Crippen MR) is 125 cm³/mol. The fourth-order valence-electron chi connectivity index (χ4n) is 5.16. The van der Waals surface area contributed by atoms with Gasteiger partial charge in [0.2, 0.25) is 0 Å². The molecule has 0 aliphatic carbocycles. The summed E-state index contributed by atoms with van der Waals surface area (Å²) in [5.74, 6) is 1.84. The van der Waals surface area contributed by atoms with Gasteiger partial charge < -0.3 is 23.8 Å². The van der Waals surface area contributed by atoms with Crippen LogP contribution in [0.4, 0.5) is 4.39 Å². The number of nitrogens with zero attached hydrogens (tertiary/aromatic N) is 4. The maximum Gasteiger partial charge on any atom is 0.277 e. The molecular weight excluding hydrogens is 435 g/mol. The summed E-state index contributed by atoms with van der Waals surface area (Å²) >= 11 is 0. The van der Waals surface area contributed by atoms with Crippen LogP contribution in [0.3, 0.4) is 0 Å². The van der Waals surface area contributed by atoms with Crippen LogP contribution in [0.1, 0.15) is 36.6 Å². The number of aryl methyl sites for hydroxylation is 1. The van der Waals surface area contributed by atoms with E-state index in [-0.39, 0.29) is 11.9 Å². The van der Waals surface area contributed by atoms with Gasteiger partial charge in [0.1, 0.15) is 17.3 Å². The van der Waals surface area contributed by atoms with E-state index in [0.717, 1.165) is 53.5 Å². The monoisotopic (exact) mass is 460 g/mol. The van der Waals surface area contributed by atoms with E-state index in [1.54, 1.807) is 19.5 Å². The minimum atomic E-state index is -0.951. The first-order chi connectivity index (χ1) is 16.5. The lowest BCUT2D eigenvalue weighted by molar-refractivity contribution is -0.146. The van der Waals surface area contributed by atoms with Crippen LogP contribution >= 0.6 is 0 Å². The number of rotatable bonds is 3. The standard InChI is InChI=1S/C26H25FN4O3/c1-16-14-30(15-28-16)22-8-6-18(12-24(22)32-3)11-19-5-4-10-31-25(19)29-34-26(31)17(2)33-23-9-7-20(27)13-21(23)26/h6-9,11-15,17H,4-5,10H2,1-3H3. The number of ether oxygens (including phenoxy) is 2. The summed E-state index contributed by atoms with van der Waals surface area (Å²) in [4.78, 5) is 12.5. The van der Waals surface area contributed by atoms with Gasteiger partial charge in [-0.1, -0.05) is 11.2 Å². The van der Waals surface area contributed by atoms with Gasteiger partial charge in [-0.05, 0) is 74.2 Å². The number of imidazole rings is 1. The molecule has 7 nitrogen and oxygen atoms in total. The molecule has 6 rings (SSSR count). The molecule has 2 atom stereocenters. The van der Waals surface area contributed by atoms with Gasteiger partial charge in [-0.25, -0.2) is 9.37 Å². The summed E-state index contributed by atoms with van der Waals surface area (Å²) in [5.41, 5.74) is 3.66. The summed E-state index contributed by atoms with van der Waals surface area (Å²) < 4.78 is 27.8. The van der Waals surface area contributed by atoms with Crippen molar-refractivity contribution in [2.75, 3.05) is 13.7 Å². The number of piperidine rings is 1. The Bertz CT molecular complexity index is 1350. The zero-order chi connectivity index (χ0) is 23.4. The highest BCUT2D eigenvalue weighted by Gasteiger charge is 2.59. The lowest BCUT2D eigenvalue weighted by Gasteiger charge is -2.38. The maximum absolute atomic E-state index is 14.1. The van der Waals surface area contributed by atoms with Crippen molar-refractivity contribution in [3.8, 4) is 17.2 Å². The number of fused-ring (bicyclic) bond motifs is 4. The molecule has 1 spiro atoms. The van der Waals surface area contributed by atoms with Gasteiger partial charge in [0.25, 0.3) is 5.72 Å². The lowest BCUT2D eigenvalue weighted by Crippen LogP contribution is -2.53. The van der Waals surface area contributed by atoms with Crippen molar-refractivity contribution in [1.82, 2.24) is 14.5 Å². The van der Waals surface area contributed by atoms with Gasteiger partial charge in [-0.3, -0.25) is 0 Å². The van der Waals surface area contributed by atoms with E-state index in [2.05, 4.69) is 27.2 Å². The van der Waals surface area contributed by atoms with Crippen LogP contribution in [0.2, 0.25) is 0 Å². The van der Waals surface area contributed by atoms with Crippen LogP contribution in [0, 0.1) is 12.7 Å². The van der Waals surface area contributed by atoms with Crippen molar-refractivity contribution in [2.24, 2.45) is 5.16 Å². The average Bonchev–Trinajstić information content (AvgIpc) is 3.52. The number of halogens is 1. The van der Waals surface area contributed by atoms with Crippen LogP contribution in [0.25, 0.3) is 11.8 Å². The molecule has 0 N–H and O–H groups in total. The SMILES string of the molecule is COc1cc(C=C2CCCN3C2=NOC32c3cc(F)ccc3OC2C)ccc1-n1cnc(C)c1. The van der Waals surface area contributed by atoms with E-state index in [4.69, 9.17) is 14.3 Å². The molecule has 0 saturated carbocycles. The molecule has 4 heterocycles. The highest BCUT2D eigenvalue weighted by molar-refractivity contribution is 6.03. The van der Waals surface area contributed by atoms with Crippen LogP contribution in [-0.4, -0.2) is 40.0 Å². The lowest BCUT2D eigenvalue weighted by atomic mass is 9.92. The molecule has 3 aliphatic rings. The third-order valence-electron chi connectivity index (χ3n) is 6.76. The summed E-state index contributed by atoms with van der Waals surface area (Å²) in [6, 6.07) is 10.6. The zero-order valence-corrected chi connectivity index (χ0v) is 19.3. The fraction of sp³-hybridized carbons (Fsp3) is 0.308. The fourth-order valence-corrected chi connectivity index (χ4v) is 5.16. The second-order valence-corrected chi connectivity index (χ2v) is 8.88. The number of oxime groups is 1. The first-order valence-corrected chi connectivity index (χ1v) is 11.4. The molecule has 3 aromatic rings. The largest absolute Gasteiger partial charge is 0.495 e. The molecule has 1 fully saturated rings. The molecule has 2 aromatic carbocycles. The third-order valence-corrected chi connectivity index (χ3v) is 6.76. The van der Waals surface area contributed by atoms with E-state index in [9.17, 15) is 4.39 Å². The molecule has 34 heavy (non-hydrogen) atoms. The Balaban J connectivity index is 1.35. The smallest absolute Gasteiger partial charge is 0.277 e. The number of methoxy groups -OCH3 is 1. The molecule has 2 unspecified atom stereocenters. The summed E-state index contributed by atoms with van der Waals surface area (Å²) in [5, 5.41) is 4.49. The Morgan fingerprint density at radius 1 is 1.24 bits per heavy atom. The number of amidine groups is 1. The highest BCUT2D eigenvalue weighted by atomic mass is 19.1. The number of hydrogen-bond acceptors (Lipinski definition) is 6. The molecule has 1 aromatic heterocycles. The van der Waals surface area contributed by atoms with E-state index in [1.807, 2.05) is 36.7 Å². The van der Waals surface area contributed by atoms with Crippen molar-refractivity contribution >= 4 is 11.9 Å². The minimum Gasteiger partial charge on any atom is -0.495 e. The van der Waals surface area contributed by atoms with Gasteiger partial charge in [-0.2, -0.15) is 0 Å². The van der Waals surface area contributed by atoms with Crippen LogP contribution < -0.4 is 9.47 Å². The minimum absolute atomic E-state index is 0.319. The van der Waals surface area contributed by atoms with Crippen molar-refractivity contribution in [1.29, 1.82) is 0 Å². The van der Waals surface area contributed by atoms with Gasteiger partial charge >= 0.3 is 0 Å². The van der Waals surface area contributed by atoms with E-state index in [1.165, 1.54) is 12.1 Å². The third kappa shape index (κ3) is 3.01. The molecule has 0 amide bonds. The topological polar surface area (TPSA) is 61.1 Å². The average molecular weight is 461 g/mol. The summed E-state index contributed by atoms with van der Waals surface area (Å²) in [6.45, 7) is 4.65. The van der Waals surface area contributed by atoms with Crippen LogP contribution in [0.5, 0.6) is 11.5 Å². The van der Waals surface area contributed by atoms with Gasteiger partial charge in [0, 0.05) is 12.7 Å². The first kappa shape index (κ1) is 20.8. The highest BCUT2D eigenvalue weighted by Crippen LogP contribution is 2.51. The van der Waals surface area contributed by atoms with Crippen LogP contribution in [-0.2, 0) is 10.6 Å². The van der Waals surface area contributed by atoms with Crippen molar-refractivity contribution in [3.63, 3.8) is 0 Å². The summed E-state index contributed by atoms with van der Waals surface area (Å²) in [7, 11) is 1.67. The van der Waals surface area contributed by atoms with E-state index >= 15 is 0 Å². The second kappa shape index (κ2) is 7.62. The summed E-state index contributed by atoms with van der Waals surface area (Å²) in [6.07, 6.45) is 7.32. The van der Waals surface area contributed by atoms with Gasteiger partial charge in [-0.15, -0.1) is 0 Å². The Hall–Kier alpha value is -3.81. The molecule has 0 radical (unpaired) electrons. The zero-order valence-electron chi connectivity index (χ0n) is 19.3. The van der Waals surface area contributed by atoms with Crippen molar-refractivity contribution in [3.05, 3.63) is 77.1 Å². The number of hydrogen-bond donors (Lipinski definition) is 0. The normalized spacial score (nSPS) is 24.0. The first-order valence-electron chi connectivity index (χ1n) is 11.4. The molecule has 3 aliphatic heterocycles. The number of benzene rings is 2. The second-order valence-electron chi connectivity index (χ2n) is 8.88. The Morgan fingerprint density at radius 2 is 2.12 bits per heavy atom. The van der Waals surface area contributed by atoms with Gasteiger partial charge in [0.05, 0.1) is 30.4 Å². The molecular formula is C26H25FN4O3. The van der Waals surface area contributed by atoms with E-state index < -0.39 is 5.72 Å². The predicted octanol–water partition coefficient (Wildman–Crippen LogP) is 4.79. The van der Waals surface area contributed by atoms with Crippen molar-refractivity contribution in [2.45, 2.75) is 38.5 Å². The molecule has 1 saturated heterocycles.